The average molecular weight is 667 g/mol. The Morgan fingerprint density at radius 1 is 0.385 bits per heavy atom. The molecule has 0 aromatic heterocycles. The van der Waals surface area contributed by atoms with Gasteiger partial charge in [-0.05, 0) is 98.4 Å². The van der Waals surface area contributed by atoms with Crippen LogP contribution in [0, 0.1) is 0 Å². The van der Waals surface area contributed by atoms with Crippen LogP contribution in [-0.2, 0) is 0 Å². The first-order valence-electron chi connectivity index (χ1n) is 17.8. The van der Waals surface area contributed by atoms with E-state index in [-0.39, 0.29) is 6.23 Å². The molecule has 1 N–H and O–H groups in total. The lowest BCUT2D eigenvalue weighted by Crippen LogP contribution is -2.09. The lowest BCUT2D eigenvalue weighted by Gasteiger charge is -2.26. The normalized spacial score (nSPS) is 13.5. The van der Waals surface area contributed by atoms with Gasteiger partial charge in [-0.15, -0.1) is 0 Å². The molecule has 3 nitrogen and oxygen atoms in total. The minimum atomic E-state index is -0.255. The number of nitrogens with one attached hydrogen (secondary N) is 1. The second-order valence-electron chi connectivity index (χ2n) is 13.4. The zero-order chi connectivity index (χ0) is 34.4. The highest BCUT2D eigenvalue weighted by Crippen LogP contribution is 2.50. The molecule has 1 aliphatic rings. The Kier molecular flexibility index (Phi) is 7.21. The molecule has 0 amide bonds. The molecule has 0 fully saturated rings. The van der Waals surface area contributed by atoms with Gasteiger partial charge in [-0.2, -0.15) is 0 Å². The van der Waals surface area contributed by atoms with Crippen LogP contribution in [-0.4, -0.2) is 0 Å². The van der Waals surface area contributed by atoms with Crippen molar-refractivity contribution >= 4 is 55.1 Å². The maximum Gasteiger partial charge on any atom is 0.196 e. The fraction of sp³-hybridized carbons (Fsp3) is 0.0204. The average Bonchev–Trinajstić information content (AvgIpc) is 3.68. The van der Waals surface area contributed by atoms with Crippen LogP contribution in [0.1, 0.15) is 11.8 Å². The Bertz CT molecular complexity index is 2740. The van der Waals surface area contributed by atoms with Crippen LogP contribution < -0.4 is 15.0 Å². The zero-order valence-electron chi connectivity index (χ0n) is 28.4. The van der Waals surface area contributed by atoms with Gasteiger partial charge in [0.1, 0.15) is 0 Å². The van der Waals surface area contributed by atoms with Crippen LogP contribution in [0.3, 0.4) is 0 Å². The zero-order valence-corrected chi connectivity index (χ0v) is 28.4. The summed E-state index contributed by atoms with van der Waals surface area (Å²) in [6.45, 7) is 0. The third kappa shape index (κ3) is 5.23. The second kappa shape index (κ2) is 12.5. The summed E-state index contributed by atoms with van der Waals surface area (Å²) in [5, 5.41) is 10.8. The molecule has 9 aromatic carbocycles. The lowest BCUT2D eigenvalue weighted by molar-refractivity contribution is 0.262. The smallest absolute Gasteiger partial charge is 0.196 e. The van der Waals surface area contributed by atoms with Crippen LogP contribution in [0.2, 0.25) is 0 Å². The van der Waals surface area contributed by atoms with Gasteiger partial charge in [0.2, 0.25) is 0 Å². The molecule has 1 aliphatic heterocycles. The Morgan fingerprint density at radius 3 is 1.75 bits per heavy atom. The second-order valence-corrected chi connectivity index (χ2v) is 13.4. The third-order valence-electron chi connectivity index (χ3n) is 10.2. The highest BCUT2D eigenvalue weighted by molar-refractivity contribution is 6.19. The summed E-state index contributed by atoms with van der Waals surface area (Å²) in [4.78, 5) is 2.34. The van der Waals surface area contributed by atoms with Crippen molar-refractivity contribution in [3.05, 3.63) is 200 Å². The molecular formula is C49H34N2O. The number of ether oxygens (including phenoxy) is 1. The van der Waals surface area contributed by atoms with Gasteiger partial charge in [0.05, 0.1) is 5.69 Å². The molecule has 0 saturated heterocycles. The van der Waals surface area contributed by atoms with Gasteiger partial charge in [-0.25, -0.2) is 0 Å². The molecule has 0 saturated carbocycles. The van der Waals surface area contributed by atoms with E-state index in [9.17, 15) is 0 Å². The topological polar surface area (TPSA) is 24.5 Å². The van der Waals surface area contributed by atoms with E-state index in [1.165, 1.54) is 32.7 Å². The summed E-state index contributed by atoms with van der Waals surface area (Å²) in [5.41, 5.74) is 10.2. The highest BCUT2D eigenvalue weighted by atomic mass is 16.5. The Hall–Kier alpha value is -6.84. The molecular weight excluding hydrogens is 633 g/mol. The molecule has 0 bridgehead atoms. The summed E-state index contributed by atoms with van der Waals surface area (Å²) in [7, 11) is 0. The first-order chi connectivity index (χ1) is 25.8. The molecule has 9 aromatic rings. The van der Waals surface area contributed by atoms with Crippen molar-refractivity contribution in [1.29, 1.82) is 0 Å². The number of para-hydroxylation sites is 1. The SMILES string of the molecule is c1ccc(-c2ccc3c4c(c5ccc(-c6cccc(N(c7ccccc7)c7ccc8ccccc8c7)c6)cc5c3c2)OC(c2ccccc2)N4)cc1. The standard InChI is InChI=1S/C49H34N2O/c1-4-13-33(14-5-1)38-24-27-43-45(31-38)46-32-39(25-28-44(46)48-47(43)50-49(52-48)35-16-6-2-7-17-35)37-19-12-22-41(30-37)51(40-20-8-3-9-21-40)42-26-23-34-15-10-11-18-36(34)29-42/h1-32,49-50H. The van der Waals surface area contributed by atoms with E-state index in [4.69, 9.17) is 4.74 Å². The van der Waals surface area contributed by atoms with Gasteiger partial charge >= 0.3 is 0 Å². The Labute approximate surface area is 303 Å². The van der Waals surface area contributed by atoms with Crippen molar-refractivity contribution in [2.45, 2.75) is 6.23 Å². The van der Waals surface area contributed by atoms with Crippen molar-refractivity contribution < 1.29 is 4.74 Å². The number of benzene rings is 9. The molecule has 1 atom stereocenters. The molecule has 1 heterocycles. The molecule has 0 radical (unpaired) electrons. The van der Waals surface area contributed by atoms with Crippen molar-refractivity contribution in [2.75, 3.05) is 10.2 Å². The van der Waals surface area contributed by atoms with E-state index >= 15 is 0 Å². The maximum atomic E-state index is 6.74. The van der Waals surface area contributed by atoms with Crippen LogP contribution in [0.4, 0.5) is 22.7 Å². The van der Waals surface area contributed by atoms with E-state index in [1.54, 1.807) is 0 Å². The van der Waals surface area contributed by atoms with Gasteiger partial charge < -0.3 is 15.0 Å². The quantitative estimate of drug-likeness (QED) is 0.179. The predicted molar refractivity (Wildman–Crippen MR) is 218 cm³/mol. The molecule has 0 spiro atoms. The first-order valence-corrected chi connectivity index (χ1v) is 17.8. The van der Waals surface area contributed by atoms with Crippen LogP contribution in [0.15, 0.2) is 194 Å². The van der Waals surface area contributed by atoms with Crippen LogP contribution >= 0.6 is 0 Å². The predicted octanol–water partition coefficient (Wildman–Crippen LogP) is 13.5. The minimum absolute atomic E-state index is 0.255. The number of rotatable bonds is 6. The van der Waals surface area contributed by atoms with Crippen molar-refractivity contribution in [1.82, 2.24) is 0 Å². The monoisotopic (exact) mass is 666 g/mol. The number of fused-ring (bicyclic) bond motifs is 7. The minimum Gasteiger partial charge on any atom is -0.464 e. The van der Waals surface area contributed by atoms with Gasteiger partial charge in [-0.1, -0.05) is 140 Å². The molecule has 10 rings (SSSR count). The van der Waals surface area contributed by atoms with E-state index in [1.807, 2.05) is 6.07 Å². The van der Waals surface area contributed by atoms with Crippen molar-refractivity contribution in [3.63, 3.8) is 0 Å². The molecule has 3 heteroatoms. The third-order valence-corrected chi connectivity index (χ3v) is 10.2. The number of nitrogens with zero attached hydrogens (tertiary/aromatic N) is 1. The van der Waals surface area contributed by atoms with E-state index < -0.39 is 0 Å². The fourth-order valence-electron chi connectivity index (χ4n) is 7.68. The number of hydrogen-bond acceptors (Lipinski definition) is 3. The van der Waals surface area contributed by atoms with E-state index in [2.05, 4.69) is 198 Å². The van der Waals surface area contributed by atoms with Crippen LogP contribution in [0.25, 0.3) is 54.6 Å². The maximum absolute atomic E-state index is 6.74. The largest absolute Gasteiger partial charge is 0.464 e. The summed E-state index contributed by atoms with van der Waals surface area (Å²) >= 11 is 0. The van der Waals surface area contributed by atoms with Gasteiger partial charge in [0.15, 0.2) is 12.0 Å². The highest BCUT2D eigenvalue weighted by Gasteiger charge is 2.28. The van der Waals surface area contributed by atoms with Gasteiger partial charge in [0, 0.05) is 33.4 Å². The number of anilines is 4. The van der Waals surface area contributed by atoms with Gasteiger partial charge in [-0.3, -0.25) is 0 Å². The molecule has 0 aliphatic carbocycles. The van der Waals surface area contributed by atoms with Crippen molar-refractivity contribution in [2.24, 2.45) is 0 Å². The molecule has 246 valence electrons. The summed E-state index contributed by atoms with van der Waals surface area (Å²) in [6, 6.07) is 69.3. The lowest BCUT2D eigenvalue weighted by atomic mass is 9.93. The van der Waals surface area contributed by atoms with E-state index in [0.29, 0.717) is 0 Å². The Morgan fingerprint density at radius 2 is 0.962 bits per heavy atom. The summed E-state index contributed by atoms with van der Waals surface area (Å²) in [6.07, 6.45) is -0.255. The summed E-state index contributed by atoms with van der Waals surface area (Å²) < 4.78 is 6.74. The summed E-state index contributed by atoms with van der Waals surface area (Å²) in [5.74, 6) is 0.899. The van der Waals surface area contributed by atoms with Gasteiger partial charge in [0.25, 0.3) is 0 Å². The molecule has 1 unspecified atom stereocenters. The fourth-order valence-corrected chi connectivity index (χ4v) is 7.68. The first kappa shape index (κ1) is 30.0. The number of hydrogen-bond donors (Lipinski definition) is 1. The Balaban J connectivity index is 1.13. The van der Waals surface area contributed by atoms with Crippen molar-refractivity contribution in [3.8, 4) is 28.0 Å². The van der Waals surface area contributed by atoms with Crippen LogP contribution in [0.5, 0.6) is 5.75 Å². The molecule has 52 heavy (non-hydrogen) atoms. The van der Waals surface area contributed by atoms with E-state index in [0.717, 1.165) is 56.0 Å².